The summed E-state index contributed by atoms with van der Waals surface area (Å²) in [5.41, 5.74) is -4.80. The van der Waals surface area contributed by atoms with Gasteiger partial charge in [-0.2, -0.15) is 18.4 Å². The lowest BCUT2D eigenvalue weighted by atomic mass is 9.93. The Bertz CT molecular complexity index is 1170. The molecule has 32 heavy (non-hydrogen) atoms. The Morgan fingerprint density at radius 1 is 1.25 bits per heavy atom. The number of hydrogen-bond acceptors (Lipinski definition) is 12. The lowest BCUT2D eigenvalue weighted by Gasteiger charge is -2.26. The minimum absolute atomic E-state index is 0.363. The van der Waals surface area contributed by atoms with E-state index in [0.717, 1.165) is 6.92 Å². The van der Waals surface area contributed by atoms with Crippen molar-refractivity contribution in [2.24, 2.45) is 0 Å². The van der Waals surface area contributed by atoms with Gasteiger partial charge in [-0.25, -0.2) is 18.5 Å². The topological polar surface area (TPSA) is 277 Å². The summed E-state index contributed by atoms with van der Waals surface area (Å²) in [5, 5.41) is 24.4. The number of aromatic nitrogens is 3. The number of aliphatic hydroxyl groups excluding tert-OH is 1. The molecule has 1 aromatic heterocycles. The van der Waals surface area contributed by atoms with Gasteiger partial charge in [-0.3, -0.25) is 14.3 Å². The van der Waals surface area contributed by atoms with Crippen LogP contribution < -0.4 is 11.2 Å². The molecular formula is C11H16N3O15P3. The maximum atomic E-state index is 12.0. The molecule has 0 aliphatic carbocycles. The van der Waals surface area contributed by atoms with Crippen LogP contribution in [-0.4, -0.2) is 68.5 Å². The van der Waals surface area contributed by atoms with Gasteiger partial charge in [0.1, 0.15) is 18.4 Å². The summed E-state index contributed by atoms with van der Waals surface area (Å²) in [5.74, 6) is 1.77. The van der Waals surface area contributed by atoms with Crippen LogP contribution >= 0.6 is 23.5 Å². The van der Waals surface area contributed by atoms with E-state index in [1.54, 1.807) is 10.9 Å². The fraction of sp³-hybridized carbons (Fsp3) is 0.545. The molecule has 180 valence electrons. The summed E-state index contributed by atoms with van der Waals surface area (Å²) in [6, 6.07) is 0. The van der Waals surface area contributed by atoms with E-state index < -0.39 is 64.9 Å². The van der Waals surface area contributed by atoms with Gasteiger partial charge >= 0.3 is 29.2 Å². The molecule has 1 aromatic rings. The zero-order valence-electron chi connectivity index (χ0n) is 15.6. The van der Waals surface area contributed by atoms with Crippen LogP contribution in [0.3, 0.4) is 0 Å². The number of ether oxygens (including phenoxy) is 1. The van der Waals surface area contributed by atoms with Gasteiger partial charge in [0.25, 0.3) is 5.56 Å². The van der Waals surface area contributed by atoms with E-state index >= 15 is 0 Å². The molecule has 2 rings (SSSR count). The number of aliphatic hydroxyl groups is 2. The second-order valence-corrected chi connectivity index (χ2v) is 10.5. The van der Waals surface area contributed by atoms with E-state index in [1.807, 2.05) is 0 Å². The molecule has 21 heteroatoms. The number of nitrogens with zero attached hydrogens (tertiary/aromatic N) is 2. The van der Waals surface area contributed by atoms with E-state index in [1.165, 1.54) is 0 Å². The average molecular weight is 523 g/mol. The SMILES string of the molecule is C#CC1(O)[C@@H](O)[C@@H]([C@H](C)OP(=O)(O)OP(=O)(O)OP(=O)(O)O)O[C@H]1n1ncc(=O)[nH]c1=O. The molecule has 0 radical (unpaired) electrons. The molecule has 0 aromatic carbocycles. The Hall–Kier alpha value is -1.54. The highest BCUT2D eigenvalue weighted by atomic mass is 31.3. The number of H-pyrrole nitrogens is 1. The van der Waals surface area contributed by atoms with Crippen molar-refractivity contribution in [2.75, 3.05) is 0 Å². The number of nitrogens with one attached hydrogen (secondary N) is 1. The van der Waals surface area contributed by atoms with Crippen molar-refractivity contribution in [3.8, 4) is 12.3 Å². The molecule has 2 heterocycles. The summed E-state index contributed by atoms with van der Waals surface area (Å²) in [6.07, 6.45) is -1.84. The van der Waals surface area contributed by atoms with E-state index in [2.05, 4.69) is 18.2 Å². The van der Waals surface area contributed by atoms with Crippen LogP contribution in [0.2, 0.25) is 0 Å². The Labute approximate surface area is 176 Å². The van der Waals surface area contributed by atoms with Crippen LogP contribution in [0.15, 0.2) is 15.8 Å². The second-order valence-electron chi connectivity index (χ2n) is 6.15. The molecule has 3 unspecified atom stereocenters. The maximum absolute atomic E-state index is 12.0. The first-order valence-electron chi connectivity index (χ1n) is 7.95. The minimum atomic E-state index is -5.82. The molecule has 1 saturated heterocycles. The highest BCUT2D eigenvalue weighted by Crippen LogP contribution is 2.66. The van der Waals surface area contributed by atoms with Gasteiger partial charge in [-0.15, -0.1) is 6.42 Å². The molecule has 0 amide bonds. The summed E-state index contributed by atoms with van der Waals surface area (Å²) in [4.78, 5) is 60.7. The Morgan fingerprint density at radius 2 is 1.84 bits per heavy atom. The van der Waals surface area contributed by atoms with Gasteiger partial charge in [0.2, 0.25) is 5.60 Å². The van der Waals surface area contributed by atoms with Crippen molar-refractivity contribution in [1.82, 2.24) is 14.8 Å². The van der Waals surface area contributed by atoms with Gasteiger partial charge in [-0.05, 0) is 6.92 Å². The van der Waals surface area contributed by atoms with Gasteiger partial charge in [0.05, 0.1) is 6.10 Å². The van der Waals surface area contributed by atoms with Crippen LogP contribution in [0.5, 0.6) is 0 Å². The number of rotatable bonds is 8. The maximum Gasteiger partial charge on any atom is 0.490 e. The molecule has 0 saturated carbocycles. The van der Waals surface area contributed by atoms with Gasteiger partial charge in [0, 0.05) is 0 Å². The van der Waals surface area contributed by atoms with Crippen molar-refractivity contribution < 1.29 is 61.4 Å². The van der Waals surface area contributed by atoms with E-state index in [-0.39, 0.29) is 0 Å². The normalized spacial score (nSPS) is 30.8. The molecule has 7 N–H and O–H groups in total. The number of phosphoric acid groups is 3. The number of aromatic amines is 1. The third kappa shape index (κ3) is 6.07. The Morgan fingerprint density at radius 3 is 2.34 bits per heavy atom. The third-order valence-electron chi connectivity index (χ3n) is 3.79. The number of hydrogen-bond donors (Lipinski definition) is 7. The summed E-state index contributed by atoms with van der Waals surface area (Å²) in [6.45, 7) is 0.939. The number of phosphoric ester groups is 1. The van der Waals surface area contributed by atoms with Crippen molar-refractivity contribution in [3.63, 3.8) is 0 Å². The zero-order chi connectivity index (χ0) is 24.7. The standard InChI is InChI=1S/C11H16N3O15P3/c1-3-11(18)8(16)7(26-9(11)14-10(17)13-6(15)4-12-14)5(2)27-31(22,23)29-32(24,25)28-30(19,20)21/h1,4-5,7-9,16,18H,2H3,(H,22,23)(H,24,25)(H,13,15,17)(H2,19,20,21)/t5-,7+,8-,9+,11?/m0/s1. The van der Waals surface area contributed by atoms with E-state index in [0.29, 0.717) is 10.9 Å². The molecule has 0 spiro atoms. The summed E-state index contributed by atoms with van der Waals surface area (Å²) >= 11 is 0. The van der Waals surface area contributed by atoms with Crippen molar-refractivity contribution in [1.29, 1.82) is 0 Å². The fourth-order valence-electron chi connectivity index (χ4n) is 2.59. The van der Waals surface area contributed by atoms with Gasteiger partial charge < -0.3 is 34.5 Å². The predicted molar refractivity (Wildman–Crippen MR) is 97.2 cm³/mol. The average Bonchev–Trinajstić information content (AvgIpc) is 2.84. The molecule has 1 fully saturated rings. The van der Waals surface area contributed by atoms with Crippen molar-refractivity contribution >= 4 is 23.5 Å². The molecule has 7 atom stereocenters. The summed E-state index contributed by atoms with van der Waals surface area (Å²) in [7, 11) is -17.1. The van der Waals surface area contributed by atoms with Crippen LogP contribution in [0, 0.1) is 12.3 Å². The van der Waals surface area contributed by atoms with Crippen LogP contribution in [0.25, 0.3) is 0 Å². The first-order chi connectivity index (χ1) is 14.4. The smallest absolute Gasteiger partial charge is 0.386 e. The second kappa shape index (κ2) is 9.01. The monoisotopic (exact) mass is 523 g/mol. The Kier molecular flexibility index (Phi) is 7.52. The van der Waals surface area contributed by atoms with Gasteiger partial charge in [0.15, 0.2) is 6.23 Å². The molecule has 1 aliphatic rings. The highest BCUT2D eigenvalue weighted by Gasteiger charge is 2.59. The van der Waals surface area contributed by atoms with Crippen molar-refractivity contribution in [3.05, 3.63) is 27.0 Å². The lowest BCUT2D eigenvalue weighted by molar-refractivity contribution is -0.0933. The highest BCUT2D eigenvalue weighted by molar-refractivity contribution is 7.66. The molecule has 0 bridgehead atoms. The predicted octanol–water partition coefficient (Wildman–Crippen LogP) is -2.71. The first kappa shape index (κ1) is 26.7. The molecular weight excluding hydrogens is 507 g/mol. The number of terminal acetylenes is 1. The Balaban J connectivity index is 2.28. The lowest BCUT2D eigenvalue weighted by Crippen LogP contribution is -2.49. The van der Waals surface area contributed by atoms with E-state index in [4.69, 9.17) is 25.8 Å². The largest absolute Gasteiger partial charge is 0.490 e. The third-order valence-corrected chi connectivity index (χ3v) is 7.72. The van der Waals surface area contributed by atoms with E-state index in [9.17, 15) is 38.4 Å². The first-order valence-corrected chi connectivity index (χ1v) is 12.5. The van der Waals surface area contributed by atoms with Crippen LogP contribution in [0.4, 0.5) is 0 Å². The minimum Gasteiger partial charge on any atom is -0.386 e. The zero-order valence-corrected chi connectivity index (χ0v) is 18.2. The molecule has 18 nitrogen and oxygen atoms in total. The van der Waals surface area contributed by atoms with Crippen molar-refractivity contribution in [2.45, 2.75) is 37.1 Å². The summed E-state index contributed by atoms with van der Waals surface area (Å²) < 4.78 is 51.2. The van der Waals surface area contributed by atoms with Crippen LogP contribution in [-0.2, 0) is 31.6 Å². The molecule has 1 aliphatic heterocycles. The quantitative estimate of drug-likeness (QED) is 0.135. The van der Waals surface area contributed by atoms with Gasteiger partial charge in [-0.1, -0.05) is 5.92 Å². The fourth-order valence-corrected chi connectivity index (χ4v) is 5.79. The van der Waals surface area contributed by atoms with Crippen LogP contribution in [0.1, 0.15) is 13.2 Å².